The van der Waals surface area contributed by atoms with E-state index < -0.39 is 0 Å². The van der Waals surface area contributed by atoms with E-state index in [4.69, 9.17) is 16.3 Å². The zero-order valence-corrected chi connectivity index (χ0v) is 23.0. The second kappa shape index (κ2) is 12.0. The predicted molar refractivity (Wildman–Crippen MR) is 154 cm³/mol. The number of allylic oxidation sites excluding steroid dienone is 1. The number of fused-ring (bicyclic) bond motifs is 1. The first-order valence-corrected chi connectivity index (χ1v) is 14.3. The van der Waals surface area contributed by atoms with Gasteiger partial charge in [-0.1, -0.05) is 73.1 Å². The lowest BCUT2D eigenvalue weighted by Crippen LogP contribution is -2.47. The van der Waals surface area contributed by atoms with Crippen molar-refractivity contribution >= 4 is 35.0 Å². The maximum Gasteiger partial charge on any atom is 0.229 e. The van der Waals surface area contributed by atoms with E-state index in [-0.39, 0.29) is 18.2 Å². The molecular weight excluding hydrogens is 514 g/mol. The number of carbonyl (C=O) groups excluding carboxylic acids is 1. The molecule has 2 aliphatic rings. The predicted octanol–water partition coefficient (Wildman–Crippen LogP) is 7.48. The van der Waals surface area contributed by atoms with E-state index in [9.17, 15) is 10.1 Å². The summed E-state index contributed by atoms with van der Waals surface area (Å²) in [6.07, 6.45) is 3.74. The zero-order valence-electron chi connectivity index (χ0n) is 21.4. The minimum Gasteiger partial charge on any atom is -0.489 e. The van der Waals surface area contributed by atoms with Crippen molar-refractivity contribution in [1.29, 1.82) is 5.26 Å². The highest BCUT2D eigenvalue weighted by molar-refractivity contribution is 8.03. The lowest BCUT2D eigenvalue weighted by molar-refractivity contribution is -0.129. The van der Waals surface area contributed by atoms with Gasteiger partial charge in [0, 0.05) is 23.0 Å². The Morgan fingerprint density at radius 2 is 1.74 bits per heavy atom. The maximum atomic E-state index is 13.3. The van der Waals surface area contributed by atoms with E-state index in [0.29, 0.717) is 29.7 Å². The van der Waals surface area contributed by atoms with Gasteiger partial charge in [-0.3, -0.25) is 9.69 Å². The molecule has 5 rings (SSSR count). The summed E-state index contributed by atoms with van der Waals surface area (Å²) in [6.45, 7) is 3.11. The van der Waals surface area contributed by atoms with Crippen LogP contribution in [0.15, 0.2) is 83.4 Å². The molecule has 1 atom stereocenters. The molecule has 0 spiro atoms. The highest BCUT2D eigenvalue weighted by atomic mass is 35.5. The number of thioether (sulfide) groups is 1. The third kappa shape index (κ3) is 5.85. The van der Waals surface area contributed by atoms with E-state index >= 15 is 0 Å². The van der Waals surface area contributed by atoms with Crippen LogP contribution in [0.5, 0.6) is 5.75 Å². The van der Waals surface area contributed by atoms with E-state index in [1.54, 1.807) is 16.7 Å². The molecule has 0 radical (unpaired) electrons. The second-order valence-electron chi connectivity index (χ2n) is 9.62. The Bertz CT molecular complexity index is 1350. The standard InChI is InChI=1S/C31H30ClN3O2S/c1-2-3-4-22-7-13-26(14-8-22)34-20-35-30(36)17-28(29(18-33)31(35)38-21-34)24-9-15-27(16-10-24)37-19-23-5-11-25(32)12-6-23/h5-16,28H,2-4,17,19-21H2,1H3. The second-order valence-corrected chi connectivity index (χ2v) is 11.0. The molecular formula is C31H30ClN3O2S. The van der Waals surface area contributed by atoms with Gasteiger partial charge in [0.1, 0.15) is 12.4 Å². The number of rotatable bonds is 8. The Morgan fingerprint density at radius 3 is 2.42 bits per heavy atom. The summed E-state index contributed by atoms with van der Waals surface area (Å²) < 4.78 is 5.91. The average molecular weight is 544 g/mol. The number of benzene rings is 3. The minimum atomic E-state index is -0.249. The summed E-state index contributed by atoms with van der Waals surface area (Å²) in [6, 6.07) is 26.4. The number of unbranched alkanes of at least 4 members (excludes halogenated alkanes) is 1. The number of anilines is 1. The lowest BCUT2D eigenvalue weighted by Gasteiger charge is -2.42. The van der Waals surface area contributed by atoms with Crippen LogP contribution in [0.3, 0.4) is 0 Å². The fourth-order valence-corrected chi connectivity index (χ4v) is 6.10. The van der Waals surface area contributed by atoms with Crippen LogP contribution in [0.4, 0.5) is 5.69 Å². The summed E-state index contributed by atoms with van der Waals surface area (Å²) in [5, 5.41) is 11.6. The molecule has 2 heterocycles. The summed E-state index contributed by atoms with van der Waals surface area (Å²) in [5.74, 6) is 1.23. The van der Waals surface area contributed by atoms with Gasteiger partial charge in [0.25, 0.3) is 0 Å². The number of amides is 1. The Balaban J connectivity index is 1.28. The van der Waals surface area contributed by atoms with Gasteiger partial charge in [0.15, 0.2) is 0 Å². The number of nitriles is 1. The number of hydrogen-bond donors (Lipinski definition) is 0. The summed E-state index contributed by atoms with van der Waals surface area (Å²) in [5.41, 5.74) is 5.08. The molecule has 194 valence electrons. The van der Waals surface area contributed by atoms with Crippen LogP contribution in [0, 0.1) is 11.3 Å². The molecule has 0 bridgehead atoms. The number of halogens is 1. The maximum absolute atomic E-state index is 13.3. The van der Waals surface area contributed by atoms with Crippen LogP contribution in [-0.4, -0.2) is 23.4 Å². The molecule has 38 heavy (non-hydrogen) atoms. The fraction of sp³-hybridized carbons (Fsp3) is 0.290. The van der Waals surface area contributed by atoms with Crippen molar-refractivity contribution in [3.05, 3.63) is 105 Å². The monoisotopic (exact) mass is 543 g/mol. The van der Waals surface area contributed by atoms with Gasteiger partial charge in [-0.2, -0.15) is 5.26 Å². The molecule has 0 saturated carbocycles. The van der Waals surface area contributed by atoms with E-state index in [2.05, 4.69) is 42.2 Å². The summed E-state index contributed by atoms with van der Waals surface area (Å²) in [7, 11) is 0. The fourth-order valence-electron chi connectivity index (χ4n) is 4.81. The average Bonchev–Trinajstić information content (AvgIpc) is 2.96. The van der Waals surface area contributed by atoms with E-state index in [1.807, 2.05) is 48.5 Å². The van der Waals surface area contributed by atoms with Crippen molar-refractivity contribution in [3.8, 4) is 11.8 Å². The van der Waals surface area contributed by atoms with Crippen molar-refractivity contribution in [2.24, 2.45) is 0 Å². The highest BCUT2D eigenvalue weighted by Crippen LogP contribution is 2.43. The molecule has 0 aliphatic carbocycles. The van der Waals surface area contributed by atoms with Crippen LogP contribution in [0.1, 0.15) is 48.8 Å². The first kappa shape index (κ1) is 26.2. The van der Waals surface area contributed by atoms with Crippen molar-refractivity contribution in [2.45, 2.75) is 45.1 Å². The smallest absolute Gasteiger partial charge is 0.229 e. The van der Waals surface area contributed by atoms with Crippen molar-refractivity contribution in [1.82, 2.24) is 4.90 Å². The third-order valence-electron chi connectivity index (χ3n) is 7.02. The Kier molecular flexibility index (Phi) is 8.26. The van der Waals surface area contributed by atoms with E-state index in [0.717, 1.165) is 34.0 Å². The number of aryl methyl sites for hydroxylation is 1. The Hall–Kier alpha value is -3.40. The van der Waals surface area contributed by atoms with Gasteiger partial charge in [0.05, 0.1) is 29.2 Å². The summed E-state index contributed by atoms with van der Waals surface area (Å²) in [4.78, 5) is 17.2. The topological polar surface area (TPSA) is 56.6 Å². The molecule has 2 aliphatic heterocycles. The minimum absolute atomic E-state index is 0.0452. The molecule has 0 N–H and O–H groups in total. The lowest BCUT2D eigenvalue weighted by atomic mass is 9.86. The van der Waals surface area contributed by atoms with Crippen molar-refractivity contribution in [3.63, 3.8) is 0 Å². The quantitative estimate of drug-likeness (QED) is 0.295. The molecule has 0 aromatic heterocycles. The largest absolute Gasteiger partial charge is 0.489 e. The molecule has 1 amide bonds. The van der Waals surface area contributed by atoms with Gasteiger partial charge >= 0.3 is 0 Å². The molecule has 1 saturated heterocycles. The molecule has 7 heteroatoms. The molecule has 3 aromatic rings. The van der Waals surface area contributed by atoms with Gasteiger partial charge in [-0.25, -0.2) is 0 Å². The van der Waals surface area contributed by atoms with Crippen molar-refractivity contribution < 1.29 is 9.53 Å². The first-order chi connectivity index (χ1) is 18.6. The first-order valence-electron chi connectivity index (χ1n) is 12.9. The molecule has 5 nitrogen and oxygen atoms in total. The van der Waals surface area contributed by atoms with Crippen LogP contribution in [0.25, 0.3) is 0 Å². The van der Waals surface area contributed by atoms with Gasteiger partial charge in [-0.15, -0.1) is 0 Å². The molecule has 3 aromatic carbocycles. The van der Waals surface area contributed by atoms with E-state index in [1.165, 1.54) is 18.4 Å². The van der Waals surface area contributed by atoms with Gasteiger partial charge in [0.2, 0.25) is 5.91 Å². The normalized spacial score (nSPS) is 17.3. The van der Waals surface area contributed by atoms with Crippen LogP contribution < -0.4 is 9.64 Å². The summed E-state index contributed by atoms with van der Waals surface area (Å²) >= 11 is 7.52. The Labute approximate surface area is 233 Å². The van der Waals surface area contributed by atoms with Crippen LogP contribution >= 0.6 is 23.4 Å². The number of carbonyl (C=O) groups is 1. The van der Waals surface area contributed by atoms with Crippen molar-refractivity contribution in [2.75, 3.05) is 17.4 Å². The highest BCUT2D eigenvalue weighted by Gasteiger charge is 2.38. The number of ether oxygens (including phenoxy) is 1. The number of hydrogen-bond acceptors (Lipinski definition) is 5. The third-order valence-corrected chi connectivity index (χ3v) is 8.42. The molecule has 1 unspecified atom stereocenters. The molecule has 1 fully saturated rings. The number of nitrogens with zero attached hydrogens (tertiary/aromatic N) is 3. The van der Waals surface area contributed by atoms with Crippen LogP contribution in [-0.2, 0) is 17.8 Å². The SMILES string of the molecule is CCCCc1ccc(N2CSC3=C(C#N)C(c4ccc(OCc5ccc(Cl)cc5)cc4)CC(=O)N3C2)cc1. The zero-order chi connectivity index (χ0) is 26.5. The van der Waals surface area contributed by atoms with Gasteiger partial charge in [-0.05, 0) is 65.9 Å². The Morgan fingerprint density at radius 1 is 1.03 bits per heavy atom. The van der Waals surface area contributed by atoms with Crippen LogP contribution in [0.2, 0.25) is 5.02 Å². The van der Waals surface area contributed by atoms with Gasteiger partial charge < -0.3 is 9.64 Å².